The van der Waals surface area contributed by atoms with Gasteiger partial charge in [0.1, 0.15) is 0 Å². The first-order valence-corrected chi connectivity index (χ1v) is 26.1. The highest BCUT2D eigenvalue weighted by atomic mass is 32.1. The van der Waals surface area contributed by atoms with E-state index in [2.05, 4.69) is 255 Å². The Morgan fingerprint density at radius 2 is 0.792 bits per heavy atom. The fourth-order valence-corrected chi connectivity index (χ4v) is 15.1. The van der Waals surface area contributed by atoms with Crippen molar-refractivity contribution in [2.45, 2.75) is 24.7 Å². The first-order chi connectivity index (χ1) is 35.5. The van der Waals surface area contributed by atoms with Crippen LogP contribution in [0.1, 0.15) is 47.2 Å². The minimum atomic E-state index is -0.534. The summed E-state index contributed by atoms with van der Waals surface area (Å²) in [5.41, 5.74) is 21.0. The topological polar surface area (TPSA) is 3.24 Å². The molecule has 0 atom stereocenters. The third-order valence-corrected chi connectivity index (χ3v) is 18.1. The number of anilines is 3. The Kier molecular flexibility index (Phi) is 8.10. The number of nitrogens with zero attached hydrogens (tertiary/aromatic N) is 1. The molecular weight excluding hydrogens is 887 g/mol. The molecule has 12 aromatic carbocycles. The molecule has 0 bridgehead atoms. The van der Waals surface area contributed by atoms with E-state index >= 15 is 0 Å². The lowest BCUT2D eigenvalue weighted by molar-refractivity contribution is 0.660. The van der Waals surface area contributed by atoms with E-state index in [1.165, 1.54) is 136 Å². The minimum absolute atomic E-state index is 0.196. The number of rotatable bonds is 4. The van der Waals surface area contributed by atoms with Crippen molar-refractivity contribution in [1.29, 1.82) is 0 Å². The average Bonchev–Trinajstić information content (AvgIpc) is 4.13. The molecular formula is C70H45NS. The van der Waals surface area contributed by atoms with Crippen molar-refractivity contribution >= 4 is 80.9 Å². The molecule has 0 fully saturated rings. The molecule has 336 valence electrons. The van der Waals surface area contributed by atoms with Crippen LogP contribution < -0.4 is 4.90 Å². The van der Waals surface area contributed by atoms with Crippen LogP contribution >= 0.6 is 11.3 Å². The second-order valence-corrected chi connectivity index (χ2v) is 21.7. The van der Waals surface area contributed by atoms with Crippen molar-refractivity contribution in [3.63, 3.8) is 0 Å². The molecule has 13 aromatic rings. The molecule has 1 aromatic heterocycles. The van der Waals surface area contributed by atoms with Crippen molar-refractivity contribution in [3.8, 4) is 44.5 Å². The SMILES string of the molecule is CC1(C)c2ccccc2-c2c(N(c3ccc4c5ccccc5c5ccccc5c4c3)c3cc4c(cc3-c3cccc5c3sc3ccccc35)-c3ccccc3C43c4ccccc4-c4ccccc43)cccc21. The number of thiophene rings is 1. The monoisotopic (exact) mass is 931 g/mol. The molecule has 0 amide bonds. The van der Waals surface area contributed by atoms with Gasteiger partial charge in [-0.15, -0.1) is 11.3 Å². The summed E-state index contributed by atoms with van der Waals surface area (Å²) in [5.74, 6) is 0. The first kappa shape index (κ1) is 40.2. The molecule has 1 heterocycles. The second-order valence-electron chi connectivity index (χ2n) is 20.6. The molecule has 0 radical (unpaired) electrons. The molecule has 3 aliphatic carbocycles. The summed E-state index contributed by atoms with van der Waals surface area (Å²) in [6.07, 6.45) is 0. The summed E-state index contributed by atoms with van der Waals surface area (Å²) in [5, 5.41) is 10.2. The second kappa shape index (κ2) is 14.5. The lowest BCUT2D eigenvalue weighted by Gasteiger charge is -2.34. The lowest BCUT2D eigenvalue weighted by Crippen LogP contribution is -2.26. The summed E-state index contributed by atoms with van der Waals surface area (Å²) in [7, 11) is 0. The van der Waals surface area contributed by atoms with Gasteiger partial charge >= 0.3 is 0 Å². The molecule has 2 heteroatoms. The van der Waals surface area contributed by atoms with Crippen LogP contribution in [0.5, 0.6) is 0 Å². The summed E-state index contributed by atoms with van der Waals surface area (Å²) in [6.45, 7) is 4.80. The van der Waals surface area contributed by atoms with Gasteiger partial charge in [0.25, 0.3) is 0 Å². The average molecular weight is 932 g/mol. The van der Waals surface area contributed by atoms with Crippen molar-refractivity contribution in [3.05, 3.63) is 270 Å². The van der Waals surface area contributed by atoms with Crippen LogP contribution in [0.25, 0.3) is 97.0 Å². The first-order valence-electron chi connectivity index (χ1n) is 25.3. The Balaban J connectivity index is 1.09. The standard InChI is InChI=1S/C70H45NS/c1-69(2)58-30-12-10-27-54(58)67-62(69)34-18-35-64(67)71(42-37-38-47-45-21-4-3-19-43(45)44-20-5-6-22-46(44)55(47)39-42)65-41-63-56(40-57(65)53-29-17-28-52-51-26-11-16-36-66(51)72-68(52)53)50-25-9-15-33-61(50)70(63)59-31-13-7-23-48(59)49-24-8-14-32-60(49)70/h3-41H,1-2H3. The Morgan fingerprint density at radius 3 is 1.46 bits per heavy atom. The molecule has 0 saturated carbocycles. The number of hydrogen-bond donors (Lipinski definition) is 0. The molecule has 1 nitrogen and oxygen atoms in total. The molecule has 0 unspecified atom stereocenters. The van der Waals surface area contributed by atoms with Gasteiger partial charge in [0.05, 0.1) is 16.8 Å². The molecule has 16 rings (SSSR count). The molecule has 0 aliphatic heterocycles. The van der Waals surface area contributed by atoms with E-state index in [0.717, 1.165) is 11.4 Å². The van der Waals surface area contributed by atoms with E-state index in [-0.39, 0.29) is 5.41 Å². The maximum absolute atomic E-state index is 2.66. The van der Waals surface area contributed by atoms with Crippen LogP contribution in [0.3, 0.4) is 0 Å². The smallest absolute Gasteiger partial charge is 0.0726 e. The largest absolute Gasteiger partial charge is 0.309 e. The van der Waals surface area contributed by atoms with Crippen LogP contribution in [-0.2, 0) is 10.8 Å². The molecule has 0 saturated heterocycles. The molecule has 1 spiro atoms. The van der Waals surface area contributed by atoms with Crippen LogP contribution in [0.2, 0.25) is 0 Å². The van der Waals surface area contributed by atoms with Crippen molar-refractivity contribution in [2.24, 2.45) is 0 Å². The summed E-state index contributed by atoms with van der Waals surface area (Å²) in [6, 6.07) is 90.1. The number of benzene rings is 12. The number of fused-ring (bicyclic) bond motifs is 22. The molecule has 0 N–H and O–H groups in total. The van der Waals surface area contributed by atoms with Crippen molar-refractivity contribution < 1.29 is 0 Å². The molecule has 72 heavy (non-hydrogen) atoms. The van der Waals surface area contributed by atoms with E-state index in [1.807, 2.05) is 11.3 Å². The van der Waals surface area contributed by atoms with Gasteiger partial charge in [-0.1, -0.05) is 214 Å². The third-order valence-electron chi connectivity index (χ3n) is 16.9. The Hall–Kier alpha value is -8.56. The van der Waals surface area contributed by atoms with Crippen molar-refractivity contribution in [2.75, 3.05) is 4.90 Å². The van der Waals surface area contributed by atoms with Gasteiger partial charge in [-0.05, 0) is 130 Å². The van der Waals surface area contributed by atoms with Gasteiger partial charge < -0.3 is 4.90 Å². The van der Waals surface area contributed by atoms with E-state index in [9.17, 15) is 0 Å². The Morgan fingerprint density at radius 1 is 0.306 bits per heavy atom. The summed E-state index contributed by atoms with van der Waals surface area (Å²) >= 11 is 1.91. The molecule has 3 aliphatic rings. The predicted octanol–water partition coefficient (Wildman–Crippen LogP) is 19.3. The van der Waals surface area contributed by atoms with E-state index in [4.69, 9.17) is 0 Å². The highest BCUT2D eigenvalue weighted by Gasteiger charge is 2.52. The zero-order valence-corrected chi connectivity index (χ0v) is 40.7. The van der Waals surface area contributed by atoms with Gasteiger partial charge in [-0.3, -0.25) is 0 Å². The van der Waals surface area contributed by atoms with Gasteiger partial charge in [0.15, 0.2) is 0 Å². The fourth-order valence-electron chi connectivity index (χ4n) is 13.9. The van der Waals surface area contributed by atoms with E-state index in [0.29, 0.717) is 0 Å². The van der Waals surface area contributed by atoms with Crippen LogP contribution in [-0.4, -0.2) is 0 Å². The lowest BCUT2D eigenvalue weighted by atomic mass is 9.70. The van der Waals surface area contributed by atoms with Gasteiger partial charge in [0, 0.05) is 48.0 Å². The normalized spacial score (nSPS) is 14.2. The Labute approximate surface area is 422 Å². The highest BCUT2D eigenvalue weighted by molar-refractivity contribution is 7.26. The van der Waals surface area contributed by atoms with Gasteiger partial charge in [-0.25, -0.2) is 0 Å². The summed E-state index contributed by atoms with van der Waals surface area (Å²) < 4.78 is 2.61. The van der Waals surface area contributed by atoms with Crippen molar-refractivity contribution in [1.82, 2.24) is 0 Å². The maximum Gasteiger partial charge on any atom is 0.0726 e. The van der Waals surface area contributed by atoms with E-state index < -0.39 is 5.41 Å². The number of hydrogen-bond acceptors (Lipinski definition) is 2. The van der Waals surface area contributed by atoms with Gasteiger partial charge in [-0.2, -0.15) is 0 Å². The zero-order valence-electron chi connectivity index (χ0n) is 39.9. The minimum Gasteiger partial charge on any atom is -0.309 e. The van der Waals surface area contributed by atoms with Crippen LogP contribution in [0, 0.1) is 0 Å². The van der Waals surface area contributed by atoms with Crippen LogP contribution in [0.4, 0.5) is 17.1 Å². The zero-order chi connectivity index (χ0) is 47.5. The predicted molar refractivity (Wildman–Crippen MR) is 306 cm³/mol. The third kappa shape index (κ3) is 5.12. The van der Waals surface area contributed by atoms with Crippen LogP contribution in [0.15, 0.2) is 237 Å². The van der Waals surface area contributed by atoms with E-state index in [1.54, 1.807) is 0 Å². The van der Waals surface area contributed by atoms with Gasteiger partial charge in [0.2, 0.25) is 0 Å². The fraction of sp³-hybridized carbons (Fsp3) is 0.0571. The maximum atomic E-state index is 2.66. The quantitative estimate of drug-likeness (QED) is 0.159. The summed E-state index contributed by atoms with van der Waals surface area (Å²) in [4.78, 5) is 2.66. The Bertz CT molecular complexity index is 4430. The highest BCUT2D eigenvalue weighted by Crippen LogP contribution is 2.65.